The molecular weight excluding hydrogens is 348 g/mol. The van der Waals surface area contributed by atoms with E-state index in [9.17, 15) is 9.59 Å². The van der Waals surface area contributed by atoms with Crippen LogP contribution in [0.3, 0.4) is 0 Å². The largest absolute Gasteiger partial charge is 0.465 e. The van der Waals surface area contributed by atoms with E-state index in [0.717, 1.165) is 4.90 Å². The van der Waals surface area contributed by atoms with Crippen molar-refractivity contribution in [3.8, 4) is 0 Å². The first-order chi connectivity index (χ1) is 12.7. The van der Waals surface area contributed by atoms with Crippen molar-refractivity contribution in [2.75, 3.05) is 12.4 Å². The SMILES string of the molecule is COC(=O)c1cccc(NC(=O)c2cccnc2Sc2ccccc2)c1. The minimum absolute atomic E-state index is 0.293. The van der Waals surface area contributed by atoms with Gasteiger partial charge >= 0.3 is 5.97 Å². The average Bonchev–Trinajstić information content (AvgIpc) is 2.68. The van der Waals surface area contributed by atoms with Gasteiger partial charge in [-0.1, -0.05) is 36.0 Å². The summed E-state index contributed by atoms with van der Waals surface area (Å²) in [5, 5.41) is 3.42. The number of benzene rings is 2. The van der Waals surface area contributed by atoms with Gasteiger partial charge in [0.1, 0.15) is 5.03 Å². The van der Waals surface area contributed by atoms with E-state index in [-0.39, 0.29) is 5.91 Å². The molecule has 1 heterocycles. The summed E-state index contributed by atoms with van der Waals surface area (Å²) in [6.45, 7) is 0. The number of nitrogens with one attached hydrogen (secondary N) is 1. The van der Waals surface area contributed by atoms with Crippen molar-refractivity contribution in [3.05, 3.63) is 84.1 Å². The molecule has 0 saturated carbocycles. The van der Waals surface area contributed by atoms with Crippen LogP contribution in [0.5, 0.6) is 0 Å². The van der Waals surface area contributed by atoms with Crippen molar-refractivity contribution in [2.45, 2.75) is 9.92 Å². The Hall–Kier alpha value is -3.12. The van der Waals surface area contributed by atoms with Crippen LogP contribution in [0, 0.1) is 0 Å². The fourth-order valence-electron chi connectivity index (χ4n) is 2.29. The van der Waals surface area contributed by atoms with Crippen LogP contribution < -0.4 is 5.32 Å². The minimum Gasteiger partial charge on any atom is -0.465 e. The van der Waals surface area contributed by atoms with Crippen molar-refractivity contribution in [1.29, 1.82) is 0 Å². The number of carbonyl (C=O) groups is 2. The predicted molar refractivity (Wildman–Crippen MR) is 101 cm³/mol. The summed E-state index contributed by atoms with van der Waals surface area (Å²) >= 11 is 1.42. The highest BCUT2D eigenvalue weighted by molar-refractivity contribution is 7.99. The van der Waals surface area contributed by atoms with Crippen molar-refractivity contribution in [2.24, 2.45) is 0 Å². The molecule has 0 fully saturated rings. The van der Waals surface area contributed by atoms with Crippen LogP contribution in [0.4, 0.5) is 5.69 Å². The average molecular weight is 364 g/mol. The quantitative estimate of drug-likeness (QED) is 0.685. The monoisotopic (exact) mass is 364 g/mol. The lowest BCUT2D eigenvalue weighted by molar-refractivity contribution is 0.0600. The Balaban J connectivity index is 1.81. The standard InChI is InChI=1S/C20H16N2O3S/c1-25-20(24)14-7-5-8-15(13-14)22-18(23)17-11-6-12-21-19(17)26-16-9-3-2-4-10-16/h2-13H,1H3,(H,22,23). The highest BCUT2D eigenvalue weighted by Gasteiger charge is 2.14. The van der Waals surface area contributed by atoms with Crippen molar-refractivity contribution < 1.29 is 14.3 Å². The third-order valence-electron chi connectivity index (χ3n) is 3.52. The molecule has 0 atom stereocenters. The zero-order chi connectivity index (χ0) is 18.4. The van der Waals surface area contributed by atoms with E-state index in [2.05, 4.69) is 10.3 Å². The molecule has 1 aromatic heterocycles. The van der Waals surface area contributed by atoms with Crippen molar-refractivity contribution >= 4 is 29.3 Å². The molecule has 5 nitrogen and oxygen atoms in total. The van der Waals surface area contributed by atoms with E-state index >= 15 is 0 Å². The normalized spacial score (nSPS) is 10.2. The second-order valence-corrected chi connectivity index (χ2v) is 6.36. The molecule has 1 N–H and O–H groups in total. The number of carbonyl (C=O) groups excluding carboxylic acids is 2. The fourth-order valence-corrected chi connectivity index (χ4v) is 3.19. The molecule has 0 bridgehead atoms. The second-order valence-electron chi connectivity index (χ2n) is 5.30. The van der Waals surface area contributed by atoms with Gasteiger partial charge in [-0.05, 0) is 42.5 Å². The smallest absolute Gasteiger partial charge is 0.337 e. The Morgan fingerprint density at radius 3 is 2.58 bits per heavy atom. The number of pyridine rings is 1. The van der Waals surface area contributed by atoms with Gasteiger partial charge in [0.25, 0.3) is 5.91 Å². The van der Waals surface area contributed by atoms with E-state index in [1.54, 1.807) is 42.6 Å². The third-order valence-corrected chi connectivity index (χ3v) is 4.54. The third kappa shape index (κ3) is 4.29. The molecule has 0 radical (unpaired) electrons. The van der Waals surface area contributed by atoms with Crippen LogP contribution >= 0.6 is 11.8 Å². The van der Waals surface area contributed by atoms with E-state index < -0.39 is 5.97 Å². The molecule has 0 aliphatic heterocycles. The maximum atomic E-state index is 12.7. The lowest BCUT2D eigenvalue weighted by atomic mass is 10.2. The van der Waals surface area contributed by atoms with Crippen LogP contribution in [0.2, 0.25) is 0 Å². The molecule has 0 aliphatic rings. The van der Waals surface area contributed by atoms with E-state index in [0.29, 0.717) is 21.8 Å². The molecule has 6 heteroatoms. The number of rotatable bonds is 5. The van der Waals surface area contributed by atoms with E-state index in [1.165, 1.54) is 18.9 Å². The summed E-state index contributed by atoms with van der Waals surface area (Å²) in [5.41, 5.74) is 1.35. The molecule has 1 amide bonds. The number of esters is 1. The van der Waals surface area contributed by atoms with Gasteiger partial charge in [0.05, 0.1) is 18.2 Å². The fraction of sp³-hybridized carbons (Fsp3) is 0.0500. The maximum Gasteiger partial charge on any atom is 0.337 e. The van der Waals surface area contributed by atoms with Crippen LogP contribution in [0.15, 0.2) is 82.8 Å². The van der Waals surface area contributed by atoms with Crippen LogP contribution in [-0.4, -0.2) is 24.0 Å². The zero-order valence-electron chi connectivity index (χ0n) is 14.0. The molecule has 3 aromatic rings. The zero-order valence-corrected chi connectivity index (χ0v) is 14.8. The Labute approximate surface area is 155 Å². The lowest BCUT2D eigenvalue weighted by Crippen LogP contribution is -2.14. The number of nitrogens with zero attached hydrogens (tertiary/aromatic N) is 1. The second kappa shape index (κ2) is 8.31. The minimum atomic E-state index is -0.456. The summed E-state index contributed by atoms with van der Waals surface area (Å²) in [5.74, 6) is -0.749. The Bertz CT molecular complexity index is 929. The van der Waals surface area contributed by atoms with Gasteiger partial charge in [0.15, 0.2) is 0 Å². The predicted octanol–water partition coefficient (Wildman–Crippen LogP) is 4.27. The molecule has 0 aliphatic carbocycles. The summed E-state index contributed by atoms with van der Waals surface area (Å²) in [4.78, 5) is 29.6. The first-order valence-electron chi connectivity index (χ1n) is 7.85. The summed E-state index contributed by atoms with van der Waals surface area (Å²) < 4.78 is 4.70. The number of hydrogen-bond donors (Lipinski definition) is 1. The topological polar surface area (TPSA) is 68.3 Å². The van der Waals surface area contributed by atoms with Gasteiger partial charge < -0.3 is 10.1 Å². The maximum absolute atomic E-state index is 12.7. The first-order valence-corrected chi connectivity index (χ1v) is 8.66. The lowest BCUT2D eigenvalue weighted by Gasteiger charge is -2.10. The molecule has 130 valence electrons. The summed E-state index contributed by atoms with van der Waals surface area (Å²) in [7, 11) is 1.32. The van der Waals surface area contributed by atoms with Crippen molar-refractivity contribution in [1.82, 2.24) is 4.98 Å². The van der Waals surface area contributed by atoms with Gasteiger partial charge in [-0.15, -0.1) is 0 Å². The number of ether oxygens (including phenoxy) is 1. The Morgan fingerprint density at radius 1 is 1.00 bits per heavy atom. The van der Waals surface area contributed by atoms with E-state index in [1.807, 2.05) is 30.3 Å². The summed E-state index contributed by atoms with van der Waals surface area (Å²) in [6.07, 6.45) is 1.65. The molecule has 0 unspecified atom stereocenters. The van der Waals surface area contributed by atoms with Crippen LogP contribution in [-0.2, 0) is 4.74 Å². The van der Waals surface area contributed by atoms with Gasteiger partial charge in [0, 0.05) is 16.8 Å². The number of methoxy groups -OCH3 is 1. The molecule has 0 saturated heterocycles. The van der Waals surface area contributed by atoms with E-state index in [4.69, 9.17) is 4.74 Å². The summed E-state index contributed by atoms with van der Waals surface area (Å²) in [6, 6.07) is 19.8. The van der Waals surface area contributed by atoms with Crippen LogP contribution in [0.1, 0.15) is 20.7 Å². The van der Waals surface area contributed by atoms with Gasteiger partial charge in [-0.25, -0.2) is 9.78 Å². The molecular formula is C20H16N2O3S. The van der Waals surface area contributed by atoms with Gasteiger partial charge in [0.2, 0.25) is 0 Å². The highest BCUT2D eigenvalue weighted by atomic mass is 32.2. The molecule has 2 aromatic carbocycles. The Morgan fingerprint density at radius 2 is 1.81 bits per heavy atom. The number of amides is 1. The van der Waals surface area contributed by atoms with Crippen molar-refractivity contribution in [3.63, 3.8) is 0 Å². The number of aromatic nitrogens is 1. The van der Waals surface area contributed by atoms with Crippen LogP contribution in [0.25, 0.3) is 0 Å². The molecule has 0 spiro atoms. The molecule has 3 rings (SSSR count). The number of anilines is 1. The first kappa shape index (κ1) is 17.7. The molecule has 26 heavy (non-hydrogen) atoms. The van der Waals surface area contributed by atoms with Gasteiger partial charge in [-0.2, -0.15) is 0 Å². The Kier molecular flexibility index (Phi) is 5.66. The number of hydrogen-bond acceptors (Lipinski definition) is 5. The van der Waals surface area contributed by atoms with Gasteiger partial charge in [-0.3, -0.25) is 4.79 Å². The highest BCUT2D eigenvalue weighted by Crippen LogP contribution is 2.28.